The van der Waals surface area contributed by atoms with Crippen LogP contribution >= 0.6 is 11.3 Å². The van der Waals surface area contributed by atoms with Gasteiger partial charge in [-0.15, -0.1) is 0 Å². The van der Waals surface area contributed by atoms with E-state index < -0.39 is 0 Å². The summed E-state index contributed by atoms with van der Waals surface area (Å²) < 4.78 is 1.60. The summed E-state index contributed by atoms with van der Waals surface area (Å²) in [5, 5.41) is 17.5. The van der Waals surface area contributed by atoms with E-state index in [2.05, 4.69) is 15.4 Å². The highest BCUT2D eigenvalue weighted by Gasteiger charge is 2.14. The molecule has 0 aliphatic carbocycles. The van der Waals surface area contributed by atoms with Crippen LogP contribution in [0.25, 0.3) is 4.96 Å². The number of hydrogen-bond donors (Lipinski definition) is 2. The lowest BCUT2D eigenvalue weighted by Gasteiger charge is -2.04. The molecule has 2 N–H and O–H groups in total. The molecule has 2 aromatic heterocycles. The number of para-hydroxylation sites is 2. The predicted molar refractivity (Wildman–Crippen MR) is 76.3 cm³/mol. The minimum absolute atomic E-state index is 0.0215. The zero-order chi connectivity index (χ0) is 14.1. The van der Waals surface area contributed by atoms with Gasteiger partial charge in [-0.3, -0.25) is 4.79 Å². The number of amides is 1. The lowest BCUT2D eigenvalue weighted by molar-refractivity contribution is 0.102. The summed E-state index contributed by atoms with van der Waals surface area (Å²) in [7, 11) is 0. The minimum atomic E-state index is -0.373. The van der Waals surface area contributed by atoms with E-state index in [0.29, 0.717) is 10.6 Å². The van der Waals surface area contributed by atoms with E-state index in [0.717, 1.165) is 11.4 Å². The second-order valence-corrected chi connectivity index (χ2v) is 5.21. The van der Waals surface area contributed by atoms with E-state index in [1.807, 2.05) is 6.92 Å². The first-order valence-electron chi connectivity index (χ1n) is 6.12. The van der Waals surface area contributed by atoms with Crippen molar-refractivity contribution in [2.24, 2.45) is 0 Å². The van der Waals surface area contributed by atoms with E-state index in [4.69, 9.17) is 0 Å². The number of nitrogens with zero attached hydrogens (tertiary/aromatic N) is 3. The van der Waals surface area contributed by atoms with Gasteiger partial charge in [0.25, 0.3) is 5.91 Å². The first-order valence-corrected chi connectivity index (χ1v) is 6.93. The Balaban J connectivity index is 1.85. The number of hydrogen-bond acceptors (Lipinski definition) is 5. The van der Waals surface area contributed by atoms with E-state index in [9.17, 15) is 9.90 Å². The number of anilines is 1. The van der Waals surface area contributed by atoms with Crippen LogP contribution in [0.5, 0.6) is 5.75 Å². The van der Waals surface area contributed by atoms with Crippen LogP contribution in [-0.4, -0.2) is 25.6 Å². The Bertz CT molecular complexity index is 746. The molecule has 0 saturated carbocycles. The Morgan fingerprint density at radius 3 is 2.95 bits per heavy atom. The van der Waals surface area contributed by atoms with E-state index >= 15 is 0 Å². The number of aromatic hydroxyl groups is 1. The zero-order valence-corrected chi connectivity index (χ0v) is 11.5. The number of aryl methyl sites for hydroxylation is 1. The maximum Gasteiger partial charge on any atom is 0.276 e. The molecular formula is C13H12N4O2S. The van der Waals surface area contributed by atoms with Crippen molar-refractivity contribution >= 4 is 27.9 Å². The molecule has 0 atom stereocenters. The minimum Gasteiger partial charge on any atom is -0.506 e. The average molecular weight is 288 g/mol. The average Bonchev–Trinajstić information content (AvgIpc) is 2.99. The molecule has 3 aromatic rings. The summed E-state index contributed by atoms with van der Waals surface area (Å²) in [5.74, 6) is -0.351. The number of fused-ring (bicyclic) bond motifs is 1. The molecule has 6 nitrogen and oxygen atoms in total. The van der Waals surface area contributed by atoms with Crippen molar-refractivity contribution in [2.45, 2.75) is 13.3 Å². The van der Waals surface area contributed by atoms with Gasteiger partial charge in [-0.2, -0.15) is 5.10 Å². The molecule has 0 unspecified atom stereocenters. The van der Waals surface area contributed by atoms with E-state index in [1.165, 1.54) is 17.4 Å². The summed E-state index contributed by atoms with van der Waals surface area (Å²) >= 11 is 1.46. The normalized spacial score (nSPS) is 10.8. The van der Waals surface area contributed by atoms with Crippen LogP contribution in [0.2, 0.25) is 0 Å². The molecule has 0 aliphatic heterocycles. The summed E-state index contributed by atoms with van der Waals surface area (Å²) in [4.78, 5) is 17.0. The van der Waals surface area contributed by atoms with Crippen molar-refractivity contribution in [2.75, 3.05) is 5.32 Å². The second kappa shape index (κ2) is 4.93. The number of phenolic OH excluding ortho intramolecular Hbond substituents is 1. The monoisotopic (exact) mass is 288 g/mol. The van der Waals surface area contributed by atoms with Gasteiger partial charge in [-0.05, 0) is 18.6 Å². The molecule has 7 heteroatoms. The number of imidazole rings is 1. The molecule has 3 rings (SSSR count). The first-order chi connectivity index (χ1) is 9.67. The lowest BCUT2D eigenvalue weighted by Crippen LogP contribution is -2.12. The molecule has 102 valence electrons. The van der Waals surface area contributed by atoms with Crippen LogP contribution in [-0.2, 0) is 6.42 Å². The summed E-state index contributed by atoms with van der Waals surface area (Å²) in [6.45, 7) is 2.02. The molecule has 0 bridgehead atoms. The maximum absolute atomic E-state index is 12.1. The van der Waals surface area contributed by atoms with Gasteiger partial charge >= 0.3 is 0 Å². The SMILES string of the molecule is CCc1nn2cc(C(=O)Nc3ccccc3O)nc2s1. The Morgan fingerprint density at radius 2 is 2.25 bits per heavy atom. The van der Waals surface area contributed by atoms with Gasteiger partial charge in [0.2, 0.25) is 4.96 Å². The summed E-state index contributed by atoms with van der Waals surface area (Å²) in [6.07, 6.45) is 2.42. The maximum atomic E-state index is 12.1. The number of carbonyl (C=O) groups excluding carboxylic acids is 1. The number of nitrogens with one attached hydrogen (secondary N) is 1. The van der Waals surface area contributed by atoms with Crippen molar-refractivity contribution in [1.29, 1.82) is 0 Å². The molecular weight excluding hydrogens is 276 g/mol. The predicted octanol–water partition coefficient (Wildman–Crippen LogP) is 2.31. The molecule has 0 saturated heterocycles. The van der Waals surface area contributed by atoms with Crippen LogP contribution in [0.1, 0.15) is 22.4 Å². The lowest BCUT2D eigenvalue weighted by atomic mass is 10.3. The summed E-state index contributed by atoms with van der Waals surface area (Å²) in [5.41, 5.74) is 0.630. The van der Waals surface area contributed by atoms with Gasteiger partial charge in [0.1, 0.15) is 16.5 Å². The molecule has 0 radical (unpaired) electrons. The smallest absolute Gasteiger partial charge is 0.276 e. The van der Waals surface area contributed by atoms with Gasteiger partial charge in [0.15, 0.2) is 0 Å². The quantitative estimate of drug-likeness (QED) is 0.725. The first kappa shape index (κ1) is 12.6. The standard InChI is InChI=1S/C13H12N4O2S/c1-2-11-16-17-7-9(15-13(17)20-11)12(19)14-8-5-3-4-6-10(8)18/h3-7,18H,2H2,1H3,(H,14,19). The van der Waals surface area contributed by atoms with Crippen molar-refractivity contribution in [3.8, 4) is 5.75 Å². The van der Waals surface area contributed by atoms with Crippen LogP contribution in [0.4, 0.5) is 5.69 Å². The number of phenols is 1. The Morgan fingerprint density at radius 1 is 1.45 bits per heavy atom. The highest BCUT2D eigenvalue weighted by Crippen LogP contribution is 2.22. The van der Waals surface area contributed by atoms with Crippen LogP contribution in [0, 0.1) is 0 Å². The van der Waals surface area contributed by atoms with Gasteiger partial charge < -0.3 is 10.4 Å². The highest BCUT2D eigenvalue weighted by atomic mass is 32.1. The van der Waals surface area contributed by atoms with Crippen molar-refractivity contribution < 1.29 is 9.90 Å². The third-order valence-electron chi connectivity index (χ3n) is 2.77. The van der Waals surface area contributed by atoms with Crippen LogP contribution < -0.4 is 5.32 Å². The van der Waals surface area contributed by atoms with Gasteiger partial charge in [0, 0.05) is 0 Å². The number of benzene rings is 1. The van der Waals surface area contributed by atoms with Crippen molar-refractivity contribution in [1.82, 2.24) is 14.6 Å². The molecule has 0 spiro atoms. The van der Waals surface area contributed by atoms with E-state index in [-0.39, 0.29) is 17.4 Å². The Labute approximate surface area is 118 Å². The highest BCUT2D eigenvalue weighted by molar-refractivity contribution is 7.16. The van der Waals surface area contributed by atoms with Crippen LogP contribution in [0.3, 0.4) is 0 Å². The largest absolute Gasteiger partial charge is 0.506 e. The molecule has 1 aromatic carbocycles. The fourth-order valence-electron chi connectivity index (χ4n) is 1.76. The zero-order valence-electron chi connectivity index (χ0n) is 10.7. The van der Waals surface area contributed by atoms with Crippen molar-refractivity contribution in [3.63, 3.8) is 0 Å². The molecule has 1 amide bonds. The fraction of sp³-hybridized carbons (Fsp3) is 0.154. The topological polar surface area (TPSA) is 79.5 Å². The summed E-state index contributed by atoms with van der Waals surface area (Å²) in [6, 6.07) is 6.56. The van der Waals surface area contributed by atoms with Crippen LogP contribution in [0.15, 0.2) is 30.5 Å². The molecule has 0 aliphatic rings. The van der Waals surface area contributed by atoms with E-state index in [1.54, 1.807) is 28.9 Å². The fourth-order valence-corrected chi connectivity index (χ4v) is 2.57. The van der Waals surface area contributed by atoms with Gasteiger partial charge in [0.05, 0.1) is 11.9 Å². The van der Waals surface area contributed by atoms with Crippen molar-refractivity contribution in [3.05, 3.63) is 41.2 Å². The van der Waals surface area contributed by atoms with Gasteiger partial charge in [-0.1, -0.05) is 30.4 Å². The molecule has 2 heterocycles. The number of rotatable bonds is 3. The second-order valence-electron chi connectivity index (χ2n) is 4.17. The molecule has 0 fully saturated rings. The Kier molecular flexibility index (Phi) is 3.11. The molecule has 20 heavy (non-hydrogen) atoms. The van der Waals surface area contributed by atoms with Gasteiger partial charge in [-0.25, -0.2) is 9.50 Å². The number of carbonyl (C=O) groups is 1. The third kappa shape index (κ3) is 2.23. The Hall–Kier alpha value is -2.41. The number of aromatic nitrogens is 3. The third-order valence-corrected chi connectivity index (χ3v) is 3.84.